The first-order chi connectivity index (χ1) is 24.1. The Kier molecular flexibility index (Phi) is 7.23. The number of rotatable bonds is 5. The topological polar surface area (TPSA) is 31.2 Å². The minimum Gasteiger partial charge on any atom is -0.333 e. The third-order valence-electron chi connectivity index (χ3n) is 10.6. The molecule has 2 aliphatic carbocycles. The Balaban J connectivity index is 1.07. The van der Waals surface area contributed by atoms with E-state index in [0.717, 1.165) is 28.4 Å². The zero-order valence-corrected chi connectivity index (χ0v) is 27.8. The van der Waals surface area contributed by atoms with Crippen LogP contribution in [0.1, 0.15) is 58.3 Å². The minimum atomic E-state index is -0.182. The highest BCUT2D eigenvalue weighted by Gasteiger charge is 2.41. The molecule has 2 aliphatic heterocycles. The molecule has 5 aromatic carbocycles. The molecule has 0 fully saturated rings. The molecule has 238 valence electrons. The summed E-state index contributed by atoms with van der Waals surface area (Å²) in [4.78, 5) is 15.2. The molecule has 0 N–H and O–H groups in total. The number of aliphatic imine (C=N–C) groups is 2. The molecule has 5 atom stereocenters. The third-order valence-corrected chi connectivity index (χ3v) is 10.6. The lowest BCUT2D eigenvalue weighted by Gasteiger charge is -2.34. The first-order valence-corrected chi connectivity index (χ1v) is 17.3. The predicted octanol–water partition coefficient (Wildman–Crippen LogP) is 10.1. The summed E-state index contributed by atoms with van der Waals surface area (Å²) < 4.78 is 0. The third kappa shape index (κ3) is 5.07. The zero-order valence-electron chi connectivity index (χ0n) is 27.8. The van der Waals surface area contributed by atoms with Crippen molar-refractivity contribution in [1.82, 2.24) is 4.90 Å². The number of amidine groups is 2. The van der Waals surface area contributed by atoms with Gasteiger partial charge in [-0.25, -0.2) is 9.98 Å². The van der Waals surface area contributed by atoms with E-state index in [1.165, 1.54) is 33.6 Å². The van der Waals surface area contributed by atoms with E-state index in [0.29, 0.717) is 17.8 Å². The van der Waals surface area contributed by atoms with Crippen LogP contribution in [-0.2, 0) is 0 Å². The van der Waals surface area contributed by atoms with E-state index < -0.39 is 0 Å². The Bertz CT molecular complexity index is 2170. The molecule has 0 saturated carbocycles. The van der Waals surface area contributed by atoms with Crippen molar-refractivity contribution in [1.29, 1.82) is 0 Å². The summed E-state index contributed by atoms with van der Waals surface area (Å²) in [6.07, 6.45) is 11.4. The maximum atomic E-state index is 5.27. The number of para-hydroxylation sites is 1. The van der Waals surface area contributed by atoms with Gasteiger partial charge < -0.3 is 9.80 Å². The molecule has 0 aromatic heterocycles. The predicted molar refractivity (Wildman–Crippen MR) is 203 cm³/mol. The molecule has 5 aromatic rings. The number of allylic oxidation sites excluding steroid dienone is 2. The maximum Gasteiger partial charge on any atom is 0.159 e. The second-order valence-corrected chi connectivity index (χ2v) is 13.5. The van der Waals surface area contributed by atoms with Gasteiger partial charge in [0.15, 0.2) is 5.84 Å². The van der Waals surface area contributed by atoms with Crippen LogP contribution in [0.15, 0.2) is 173 Å². The van der Waals surface area contributed by atoms with Crippen molar-refractivity contribution in [2.45, 2.75) is 31.0 Å². The van der Waals surface area contributed by atoms with Gasteiger partial charge in [0.25, 0.3) is 0 Å². The number of hydrogen-bond donors (Lipinski definition) is 0. The molecule has 5 unspecified atom stereocenters. The Labute approximate surface area is 288 Å². The highest BCUT2D eigenvalue weighted by atomic mass is 15.3. The van der Waals surface area contributed by atoms with Gasteiger partial charge in [-0.2, -0.15) is 0 Å². The van der Waals surface area contributed by atoms with E-state index in [4.69, 9.17) is 9.98 Å². The molecule has 0 spiro atoms. The number of hydrogen-bond acceptors (Lipinski definition) is 4. The van der Waals surface area contributed by atoms with Crippen LogP contribution >= 0.6 is 0 Å². The first-order valence-electron chi connectivity index (χ1n) is 17.3. The molecule has 4 heteroatoms. The van der Waals surface area contributed by atoms with Crippen molar-refractivity contribution in [3.63, 3.8) is 0 Å². The van der Waals surface area contributed by atoms with E-state index in [9.17, 15) is 0 Å². The summed E-state index contributed by atoms with van der Waals surface area (Å²) in [5.41, 5.74) is 11.2. The standard InChI is InChI=1S/C45H38N4/c1-30-29-35(23-27-37(30)31-13-5-3-6-14-31)45-47-43(46-44(48(45)2)34-16-7-4-8-17-34)33-21-25-36(26-22-33)49-40-20-12-11-19-39(40)42-38-18-10-9-15-32(38)24-28-41(42)49/h3-30,37,41-42,44H,1-2H3. The van der Waals surface area contributed by atoms with Gasteiger partial charge in [0.2, 0.25) is 0 Å². The van der Waals surface area contributed by atoms with Crippen LogP contribution in [0.25, 0.3) is 6.08 Å². The summed E-state index contributed by atoms with van der Waals surface area (Å²) in [5.74, 6) is 2.68. The van der Waals surface area contributed by atoms with Gasteiger partial charge >= 0.3 is 0 Å². The van der Waals surface area contributed by atoms with E-state index in [1.807, 2.05) is 0 Å². The molecule has 9 rings (SSSR count). The fraction of sp³-hybridized carbons (Fsp3) is 0.156. The second kappa shape index (κ2) is 12.1. The lowest BCUT2D eigenvalue weighted by Crippen LogP contribution is -2.36. The smallest absolute Gasteiger partial charge is 0.159 e. The van der Waals surface area contributed by atoms with Crippen LogP contribution in [0.4, 0.5) is 11.4 Å². The van der Waals surface area contributed by atoms with Crippen molar-refractivity contribution in [2.75, 3.05) is 11.9 Å². The van der Waals surface area contributed by atoms with Gasteiger partial charge in [-0.3, -0.25) is 0 Å². The number of nitrogens with zero attached hydrogens (tertiary/aromatic N) is 4. The van der Waals surface area contributed by atoms with Crippen molar-refractivity contribution in [3.05, 3.63) is 197 Å². The molecule has 0 bridgehead atoms. The summed E-state index contributed by atoms with van der Waals surface area (Å²) in [7, 11) is 2.11. The average molecular weight is 635 g/mol. The molecule has 49 heavy (non-hydrogen) atoms. The Morgan fingerprint density at radius 2 is 1.31 bits per heavy atom. The highest BCUT2D eigenvalue weighted by molar-refractivity contribution is 6.14. The van der Waals surface area contributed by atoms with Crippen LogP contribution in [0, 0.1) is 5.92 Å². The van der Waals surface area contributed by atoms with E-state index >= 15 is 0 Å². The second-order valence-electron chi connectivity index (χ2n) is 13.5. The van der Waals surface area contributed by atoms with Crippen molar-refractivity contribution in [3.8, 4) is 0 Å². The van der Waals surface area contributed by atoms with Gasteiger partial charge in [0.1, 0.15) is 12.0 Å². The molecule has 0 amide bonds. The maximum absolute atomic E-state index is 5.27. The Morgan fingerprint density at radius 1 is 0.633 bits per heavy atom. The summed E-state index contributed by atoms with van der Waals surface area (Å²) >= 11 is 0. The van der Waals surface area contributed by atoms with E-state index in [-0.39, 0.29) is 12.2 Å². The summed E-state index contributed by atoms with van der Waals surface area (Å²) in [6, 6.07) is 48.1. The molecule has 2 heterocycles. The van der Waals surface area contributed by atoms with E-state index in [1.54, 1.807) is 0 Å². The average Bonchev–Trinajstić information content (AvgIpc) is 3.50. The zero-order chi connectivity index (χ0) is 32.9. The van der Waals surface area contributed by atoms with Crippen LogP contribution < -0.4 is 4.90 Å². The number of anilines is 2. The van der Waals surface area contributed by atoms with Crippen LogP contribution in [0.3, 0.4) is 0 Å². The van der Waals surface area contributed by atoms with Crippen molar-refractivity contribution < 1.29 is 0 Å². The van der Waals surface area contributed by atoms with Crippen LogP contribution in [-0.4, -0.2) is 29.7 Å². The van der Waals surface area contributed by atoms with Crippen molar-refractivity contribution >= 4 is 29.1 Å². The molecule has 4 aliphatic rings. The van der Waals surface area contributed by atoms with Gasteiger partial charge in [0, 0.05) is 41.4 Å². The molecule has 0 radical (unpaired) electrons. The summed E-state index contributed by atoms with van der Waals surface area (Å²) in [5, 5.41) is 0. The quantitative estimate of drug-likeness (QED) is 0.193. The Morgan fingerprint density at radius 3 is 2.06 bits per heavy atom. The lowest BCUT2D eigenvalue weighted by atomic mass is 9.81. The fourth-order valence-corrected chi connectivity index (χ4v) is 8.16. The molecule has 4 nitrogen and oxygen atoms in total. The molecular weight excluding hydrogens is 597 g/mol. The number of fused-ring (bicyclic) bond motifs is 5. The van der Waals surface area contributed by atoms with Gasteiger partial charge in [-0.15, -0.1) is 0 Å². The van der Waals surface area contributed by atoms with Crippen LogP contribution in [0.5, 0.6) is 0 Å². The normalized spacial score (nSPS) is 23.6. The van der Waals surface area contributed by atoms with Gasteiger partial charge in [-0.05, 0) is 64.1 Å². The minimum absolute atomic E-state index is 0.182. The van der Waals surface area contributed by atoms with Gasteiger partial charge in [0.05, 0.1) is 6.04 Å². The fourth-order valence-electron chi connectivity index (χ4n) is 8.16. The van der Waals surface area contributed by atoms with Gasteiger partial charge in [-0.1, -0.05) is 140 Å². The molecular formula is C45H38N4. The summed E-state index contributed by atoms with van der Waals surface area (Å²) in [6.45, 7) is 2.30. The lowest BCUT2D eigenvalue weighted by molar-refractivity contribution is 0.382. The largest absolute Gasteiger partial charge is 0.333 e. The molecule has 0 saturated heterocycles. The Hall–Kier alpha value is -5.74. The van der Waals surface area contributed by atoms with Crippen LogP contribution in [0.2, 0.25) is 0 Å². The number of benzene rings is 5. The first kappa shape index (κ1) is 29.4. The SMILES string of the molecule is CC1C=C(C2=NC(c3ccc(N4c5ccccc5C5c6ccccc6C=CC54)cc3)=NC(c3ccccc3)N2C)C=CC1c1ccccc1. The van der Waals surface area contributed by atoms with E-state index in [2.05, 4.69) is 188 Å². The number of likely N-dealkylation sites (N-methyl/N-ethyl adjacent to an activating group) is 1. The van der Waals surface area contributed by atoms with Crippen molar-refractivity contribution in [2.24, 2.45) is 15.9 Å². The monoisotopic (exact) mass is 634 g/mol. The highest BCUT2D eigenvalue weighted by Crippen LogP contribution is 2.51.